The van der Waals surface area contributed by atoms with Crippen molar-refractivity contribution in [3.8, 4) is 0 Å². The predicted molar refractivity (Wildman–Crippen MR) is 78.6 cm³/mol. The second-order valence-electron chi connectivity index (χ2n) is 5.92. The molecule has 3 nitrogen and oxygen atoms in total. The Morgan fingerprint density at radius 1 is 0.950 bits per heavy atom. The molecule has 0 aliphatic heterocycles. The molecular formula is C17H18N3. The quantitative estimate of drug-likeness (QED) is 0.896. The van der Waals surface area contributed by atoms with Crippen molar-refractivity contribution in [1.29, 1.82) is 0 Å². The summed E-state index contributed by atoms with van der Waals surface area (Å²) in [5.41, 5.74) is 4.43. The van der Waals surface area contributed by atoms with Gasteiger partial charge in [-0.25, -0.2) is 9.97 Å². The van der Waals surface area contributed by atoms with E-state index in [0.717, 1.165) is 18.4 Å². The zero-order valence-electron chi connectivity index (χ0n) is 11.5. The van der Waals surface area contributed by atoms with E-state index in [1.165, 1.54) is 42.4 Å². The number of nitrogens with zero attached hydrogens (tertiary/aromatic N) is 2. The third-order valence-corrected chi connectivity index (χ3v) is 4.11. The molecule has 0 unspecified atom stereocenters. The molecule has 2 saturated carbocycles. The summed E-state index contributed by atoms with van der Waals surface area (Å²) in [6.07, 6.45) is 8.73. The molecule has 2 aliphatic rings. The minimum Gasteiger partial charge on any atom is -0.350 e. The van der Waals surface area contributed by atoms with Crippen LogP contribution in [0, 0.1) is 6.07 Å². The lowest BCUT2D eigenvalue weighted by Crippen LogP contribution is -2.04. The van der Waals surface area contributed by atoms with Crippen LogP contribution < -0.4 is 5.32 Å². The van der Waals surface area contributed by atoms with Crippen LogP contribution in [0.3, 0.4) is 0 Å². The standard InChI is InChI=1S/C17H18N3/c1-6-18-17(19-7-1)20-11-12-8-15(13-2-3-13)10-16(9-12)14-4-5-14/h6-10,13-14H,2-5,11H2,(H,18,19,20). The van der Waals surface area contributed by atoms with E-state index in [-0.39, 0.29) is 0 Å². The molecule has 0 spiro atoms. The van der Waals surface area contributed by atoms with Gasteiger partial charge in [-0.2, -0.15) is 0 Å². The summed E-state index contributed by atoms with van der Waals surface area (Å²) in [7, 11) is 0. The average Bonchev–Trinajstić information content (AvgIpc) is 3.39. The Labute approximate surface area is 119 Å². The van der Waals surface area contributed by atoms with Crippen molar-refractivity contribution < 1.29 is 0 Å². The zero-order chi connectivity index (χ0) is 13.4. The van der Waals surface area contributed by atoms with Gasteiger partial charge in [-0.15, -0.1) is 0 Å². The molecule has 1 aromatic carbocycles. The van der Waals surface area contributed by atoms with Crippen molar-refractivity contribution >= 4 is 5.95 Å². The van der Waals surface area contributed by atoms with Gasteiger partial charge in [0.05, 0.1) is 0 Å². The van der Waals surface area contributed by atoms with Gasteiger partial charge in [0.15, 0.2) is 0 Å². The molecular weight excluding hydrogens is 246 g/mol. The predicted octanol–water partition coefficient (Wildman–Crippen LogP) is 3.64. The van der Waals surface area contributed by atoms with E-state index in [0.29, 0.717) is 5.95 Å². The highest BCUT2D eigenvalue weighted by Gasteiger charge is 2.28. The van der Waals surface area contributed by atoms with Gasteiger partial charge < -0.3 is 5.32 Å². The molecule has 0 atom stereocenters. The summed E-state index contributed by atoms with van der Waals surface area (Å²) >= 11 is 0. The van der Waals surface area contributed by atoms with E-state index < -0.39 is 0 Å². The zero-order valence-corrected chi connectivity index (χ0v) is 11.5. The van der Waals surface area contributed by atoms with Crippen LogP contribution in [-0.2, 0) is 6.54 Å². The summed E-state index contributed by atoms with van der Waals surface area (Å²) in [4.78, 5) is 8.31. The van der Waals surface area contributed by atoms with Crippen LogP contribution in [0.5, 0.6) is 0 Å². The molecule has 2 aromatic rings. The minimum absolute atomic E-state index is 0.675. The third-order valence-electron chi connectivity index (χ3n) is 4.11. The maximum Gasteiger partial charge on any atom is 0.222 e. The molecule has 1 heterocycles. The first-order valence-electron chi connectivity index (χ1n) is 7.44. The first kappa shape index (κ1) is 11.9. The monoisotopic (exact) mass is 264 g/mol. The molecule has 1 N–H and O–H groups in total. The molecule has 4 rings (SSSR count). The number of benzene rings is 1. The molecule has 0 bridgehead atoms. The Kier molecular flexibility index (Phi) is 2.91. The van der Waals surface area contributed by atoms with Crippen LogP contribution >= 0.6 is 0 Å². The number of anilines is 1. The molecule has 1 radical (unpaired) electrons. The van der Waals surface area contributed by atoms with Gasteiger partial charge in [0.2, 0.25) is 5.95 Å². The van der Waals surface area contributed by atoms with Crippen LogP contribution in [-0.4, -0.2) is 9.97 Å². The van der Waals surface area contributed by atoms with E-state index in [2.05, 4.69) is 39.6 Å². The number of hydrogen-bond acceptors (Lipinski definition) is 3. The smallest absolute Gasteiger partial charge is 0.222 e. The topological polar surface area (TPSA) is 37.8 Å². The van der Waals surface area contributed by atoms with E-state index in [1.807, 2.05) is 0 Å². The second-order valence-corrected chi connectivity index (χ2v) is 5.92. The maximum atomic E-state index is 4.16. The van der Waals surface area contributed by atoms with Gasteiger partial charge in [-0.05, 0) is 54.2 Å². The van der Waals surface area contributed by atoms with Gasteiger partial charge in [-0.1, -0.05) is 18.2 Å². The number of aromatic nitrogens is 2. The summed E-state index contributed by atoms with van der Waals surface area (Å²) in [5, 5.41) is 3.29. The fraction of sp³-hybridized carbons (Fsp3) is 0.412. The van der Waals surface area contributed by atoms with Crippen LogP contribution in [0.4, 0.5) is 5.95 Å². The van der Waals surface area contributed by atoms with Crippen molar-refractivity contribution in [2.45, 2.75) is 44.1 Å². The van der Waals surface area contributed by atoms with Gasteiger partial charge in [0.25, 0.3) is 0 Å². The molecule has 20 heavy (non-hydrogen) atoms. The highest BCUT2D eigenvalue weighted by molar-refractivity contribution is 5.39. The minimum atomic E-state index is 0.675. The molecule has 101 valence electrons. The molecule has 0 saturated heterocycles. The van der Waals surface area contributed by atoms with Gasteiger partial charge in [-0.3, -0.25) is 0 Å². The largest absolute Gasteiger partial charge is 0.350 e. The lowest BCUT2D eigenvalue weighted by Gasteiger charge is -2.10. The van der Waals surface area contributed by atoms with Crippen molar-refractivity contribution in [1.82, 2.24) is 9.97 Å². The van der Waals surface area contributed by atoms with E-state index >= 15 is 0 Å². The highest BCUT2D eigenvalue weighted by Crippen LogP contribution is 2.45. The summed E-state index contributed by atoms with van der Waals surface area (Å²) < 4.78 is 0. The fourth-order valence-electron chi connectivity index (χ4n) is 2.69. The van der Waals surface area contributed by atoms with Crippen LogP contribution in [0.15, 0.2) is 30.6 Å². The number of rotatable bonds is 5. The SMILES string of the molecule is [c]1cnc(NCc2cc(C3CC3)cc(C3CC3)c2)nc1. The highest BCUT2D eigenvalue weighted by atomic mass is 15.1. The number of nitrogens with one attached hydrogen (secondary N) is 1. The second kappa shape index (κ2) is 4.89. The lowest BCUT2D eigenvalue weighted by molar-refractivity contribution is 1.01. The summed E-state index contributed by atoms with van der Waals surface area (Å²) in [5.74, 6) is 2.30. The fourth-order valence-corrected chi connectivity index (χ4v) is 2.69. The molecule has 1 aromatic heterocycles. The Morgan fingerprint density at radius 3 is 2.10 bits per heavy atom. The summed E-state index contributed by atoms with van der Waals surface area (Å²) in [6, 6.07) is 9.98. The maximum absolute atomic E-state index is 4.16. The van der Waals surface area contributed by atoms with Gasteiger partial charge in [0, 0.05) is 25.0 Å². The van der Waals surface area contributed by atoms with Gasteiger partial charge >= 0.3 is 0 Å². The van der Waals surface area contributed by atoms with Crippen LogP contribution in [0.2, 0.25) is 0 Å². The normalized spacial score (nSPS) is 18.0. The first-order valence-corrected chi connectivity index (χ1v) is 7.44. The Balaban J connectivity index is 1.54. The molecule has 2 fully saturated rings. The van der Waals surface area contributed by atoms with E-state index in [1.54, 1.807) is 12.4 Å². The number of hydrogen-bond donors (Lipinski definition) is 1. The Hall–Kier alpha value is -1.90. The summed E-state index contributed by atoms with van der Waals surface area (Å²) in [6.45, 7) is 0.796. The van der Waals surface area contributed by atoms with Crippen LogP contribution in [0.25, 0.3) is 0 Å². The Morgan fingerprint density at radius 2 is 1.55 bits per heavy atom. The molecule has 3 heteroatoms. The first-order chi connectivity index (χ1) is 9.88. The Bertz CT molecular complexity index is 571. The van der Waals surface area contributed by atoms with Crippen molar-refractivity contribution in [2.75, 3.05) is 5.32 Å². The van der Waals surface area contributed by atoms with Crippen molar-refractivity contribution in [3.63, 3.8) is 0 Å². The van der Waals surface area contributed by atoms with Crippen molar-refractivity contribution in [2.24, 2.45) is 0 Å². The van der Waals surface area contributed by atoms with Gasteiger partial charge in [0.1, 0.15) is 0 Å². The van der Waals surface area contributed by atoms with E-state index in [4.69, 9.17) is 0 Å². The van der Waals surface area contributed by atoms with E-state index in [9.17, 15) is 0 Å². The third kappa shape index (κ3) is 2.67. The molecule has 2 aliphatic carbocycles. The van der Waals surface area contributed by atoms with Crippen molar-refractivity contribution in [3.05, 3.63) is 53.3 Å². The van der Waals surface area contributed by atoms with Crippen LogP contribution in [0.1, 0.15) is 54.2 Å². The lowest BCUT2D eigenvalue weighted by atomic mass is 10.00. The molecule has 0 amide bonds. The average molecular weight is 264 g/mol.